The molecule has 0 atom stereocenters. The van der Waals surface area contributed by atoms with Crippen molar-refractivity contribution in [1.82, 2.24) is 9.88 Å². The molecule has 3 rings (SSSR count). The average Bonchev–Trinajstić information content (AvgIpc) is 2.68. The molecule has 0 N–H and O–H groups in total. The fraction of sp³-hybridized carbons (Fsp3) is 0.316. The summed E-state index contributed by atoms with van der Waals surface area (Å²) in [7, 11) is 1.81. The van der Waals surface area contributed by atoms with Gasteiger partial charge in [-0.1, -0.05) is 18.2 Å². The van der Waals surface area contributed by atoms with E-state index in [0.717, 1.165) is 5.69 Å². The van der Waals surface area contributed by atoms with Crippen molar-refractivity contribution in [2.45, 2.75) is 12.8 Å². The highest BCUT2D eigenvalue weighted by molar-refractivity contribution is 5.96. The van der Waals surface area contributed by atoms with E-state index in [9.17, 15) is 9.59 Å². The average molecular weight is 323 g/mol. The summed E-state index contributed by atoms with van der Waals surface area (Å²) in [5.41, 5.74) is 1.50. The van der Waals surface area contributed by atoms with E-state index in [2.05, 4.69) is 4.98 Å². The highest BCUT2D eigenvalue weighted by Crippen LogP contribution is 2.23. The molecule has 0 aliphatic carbocycles. The van der Waals surface area contributed by atoms with Gasteiger partial charge >= 0.3 is 0 Å². The van der Waals surface area contributed by atoms with Gasteiger partial charge in [0.05, 0.1) is 5.56 Å². The number of pyridine rings is 1. The zero-order valence-corrected chi connectivity index (χ0v) is 13.8. The predicted molar refractivity (Wildman–Crippen MR) is 92.7 cm³/mol. The van der Waals surface area contributed by atoms with Crippen LogP contribution < -0.4 is 4.90 Å². The van der Waals surface area contributed by atoms with Crippen LogP contribution in [0.3, 0.4) is 0 Å². The molecule has 0 unspecified atom stereocenters. The van der Waals surface area contributed by atoms with Crippen LogP contribution >= 0.6 is 0 Å². The molecule has 5 heteroatoms. The summed E-state index contributed by atoms with van der Waals surface area (Å²) in [5, 5.41) is 0. The molecule has 1 aromatic heterocycles. The minimum Gasteiger partial charge on any atom is -0.339 e. The minimum atomic E-state index is -0.0341. The lowest BCUT2D eigenvalue weighted by Crippen LogP contribution is -2.43. The molecule has 5 nitrogen and oxygen atoms in total. The number of anilines is 1. The van der Waals surface area contributed by atoms with Gasteiger partial charge in [0.25, 0.3) is 5.91 Å². The molecule has 0 radical (unpaired) electrons. The fourth-order valence-electron chi connectivity index (χ4n) is 3.05. The number of aromatic nitrogens is 1. The van der Waals surface area contributed by atoms with Gasteiger partial charge in [0.15, 0.2) is 0 Å². The molecule has 1 fully saturated rings. The van der Waals surface area contributed by atoms with Gasteiger partial charge in [-0.3, -0.25) is 14.6 Å². The molecule has 1 aliphatic rings. The van der Waals surface area contributed by atoms with Gasteiger partial charge in [0.1, 0.15) is 0 Å². The van der Waals surface area contributed by atoms with Crippen molar-refractivity contribution in [1.29, 1.82) is 0 Å². The Hall–Kier alpha value is -2.69. The van der Waals surface area contributed by atoms with E-state index in [1.54, 1.807) is 29.4 Å². The Bertz CT molecular complexity index is 695. The fourth-order valence-corrected chi connectivity index (χ4v) is 3.05. The lowest BCUT2D eigenvalue weighted by atomic mass is 9.94. The lowest BCUT2D eigenvalue weighted by molar-refractivity contribution is -0.123. The third kappa shape index (κ3) is 3.45. The van der Waals surface area contributed by atoms with E-state index >= 15 is 0 Å². The number of hydrogen-bond acceptors (Lipinski definition) is 3. The number of benzene rings is 1. The van der Waals surface area contributed by atoms with Crippen LogP contribution in [-0.4, -0.2) is 41.8 Å². The van der Waals surface area contributed by atoms with Crippen molar-refractivity contribution >= 4 is 17.5 Å². The molecule has 0 saturated carbocycles. The van der Waals surface area contributed by atoms with E-state index < -0.39 is 0 Å². The summed E-state index contributed by atoms with van der Waals surface area (Å²) in [4.78, 5) is 32.6. The summed E-state index contributed by atoms with van der Waals surface area (Å²) < 4.78 is 0. The number of likely N-dealkylation sites (tertiary alicyclic amines) is 1. The van der Waals surface area contributed by atoms with Crippen molar-refractivity contribution in [2.24, 2.45) is 5.92 Å². The Morgan fingerprint density at radius 2 is 1.79 bits per heavy atom. The number of para-hydroxylation sites is 1. The van der Waals surface area contributed by atoms with Crippen molar-refractivity contribution < 1.29 is 9.59 Å². The maximum Gasteiger partial charge on any atom is 0.255 e. The maximum atomic E-state index is 12.7. The van der Waals surface area contributed by atoms with Crippen molar-refractivity contribution in [3.8, 4) is 0 Å². The zero-order valence-electron chi connectivity index (χ0n) is 13.8. The highest BCUT2D eigenvalue weighted by atomic mass is 16.2. The van der Waals surface area contributed by atoms with Crippen molar-refractivity contribution in [3.63, 3.8) is 0 Å². The summed E-state index contributed by atoms with van der Waals surface area (Å²) in [6, 6.07) is 13.2. The Morgan fingerprint density at radius 3 is 2.42 bits per heavy atom. The Balaban J connectivity index is 1.59. The normalized spacial score (nSPS) is 15.1. The van der Waals surface area contributed by atoms with Gasteiger partial charge in [0, 0.05) is 44.1 Å². The van der Waals surface area contributed by atoms with Crippen LogP contribution in [0.15, 0.2) is 54.9 Å². The molecular weight excluding hydrogens is 302 g/mol. The molecule has 1 aromatic carbocycles. The molecule has 0 bridgehead atoms. The first-order valence-corrected chi connectivity index (χ1v) is 8.19. The number of rotatable bonds is 3. The molecule has 2 amide bonds. The number of carbonyl (C=O) groups is 2. The van der Waals surface area contributed by atoms with Crippen LogP contribution in [-0.2, 0) is 4.79 Å². The second kappa shape index (κ2) is 7.25. The summed E-state index contributed by atoms with van der Waals surface area (Å²) in [6.45, 7) is 1.21. The van der Waals surface area contributed by atoms with Crippen LogP contribution in [0, 0.1) is 5.92 Å². The van der Waals surface area contributed by atoms with E-state index in [1.165, 1.54) is 0 Å². The van der Waals surface area contributed by atoms with Gasteiger partial charge in [0.2, 0.25) is 5.91 Å². The summed E-state index contributed by atoms with van der Waals surface area (Å²) in [5.74, 6) is 0.0771. The molecular formula is C19H21N3O2. The van der Waals surface area contributed by atoms with Gasteiger partial charge < -0.3 is 9.80 Å². The van der Waals surface area contributed by atoms with E-state index in [0.29, 0.717) is 31.5 Å². The number of carbonyl (C=O) groups excluding carboxylic acids is 2. The van der Waals surface area contributed by atoms with Gasteiger partial charge in [-0.25, -0.2) is 0 Å². The third-order valence-electron chi connectivity index (χ3n) is 4.51. The predicted octanol–water partition coefficient (Wildman–Crippen LogP) is 2.60. The van der Waals surface area contributed by atoms with Crippen molar-refractivity contribution in [3.05, 3.63) is 60.4 Å². The Labute approximate surface area is 141 Å². The molecule has 2 aromatic rings. The third-order valence-corrected chi connectivity index (χ3v) is 4.51. The quantitative estimate of drug-likeness (QED) is 0.872. The second-order valence-corrected chi connectivity index (χ2v) is 6.04. The summed E-state index contributed by atoms with van der Waals surface area (Å²) in [6.07, 6.45) is 4.63. The van der Waals surface area contributed by atoms with Crippen LogP contribution in [0.2, 0.25) is 0 Å². The van der Waals surface area contributed by atoms with E-state index in [-0.39, 0.29) is 17.7 Å². The van der Waals surface area contributed by atoms with Gasteiger partial charge in [-0.15, -0.1) is 0 Å². The molecule has 0 spiro atoms. The SMILES string of the molecule is CN(C(=O)C1CCN(C(=O)c2cccnc2)CC1)c1ccccc1. The standard InChI is InChI=1S/C19H21N3O2/c1-21(17-7-3-2-4-8-17)18(23)15-9-12-22(13-10-15)19(24)16-6-5-11-20-14-16/h2-8,11,14-15H,9-10,12-13H2,1H3. The molecule has 1 aliphatic heterocycles. The number of hydrogen-bond donors (Lipinski definition) is 0. The first-order valence-electron chi connectivity index (χ1n) is 8.19. The van der Waals surface area contributed by atoms with Gasteiger partial charge in [-0.2, -0.15) is 0 Å². The molecule has 2 heterocycles. The first-order chi connectivity index (χ1) is 11.7. The highest BCUT2D eigenvalue weighted by Gasteiger charge is 2.29. The second-order valence-electron chi connectivity index (χ2n) is 6.04. The van der Waals surface area contributed by atoms with Crippen LogP contribution in [0.1, 0.15) is 23.2 Å². The molecule has 1 saturated heterocycles. The minimum absolute atomic E-state index is 0.00888. The van der Waals surface area contributed by atoms with Gasteiger partial charge in [-0.05, 0) is 37.1 Å². The summed E-state index contributed by atoms with van der Waals surface area (Å²) >= 11 is 0. The zero-order chi connectivity index (χ0) is 16.9. The number of nitrogens with zero attached hydrogens (tertiary/aromatic N) is 3. The number of piperidine rings is 1. The Kier molecular flexibility index (Phi) is 4.89. The monoisotopic (exact) mass is 323 g/mol. The van der Waals surface area contributed by atoms with E-state index in [1.807, 2.05) is 42.3 Å². The Morgan fingerprint density at radius 1 is 1.08 bits per heavy atom. The smallest absolute Gasteiger partial charge is 0.255 e. The van der Waals surface area contributed by atoms with Crippen LogP contribution in [0.5, 0.6) is 0 Å². The number of amides is 2. The topological polar surface area (TPSA) is 53.5 Å². The largest absolute Gasteiger partial charge is 0.339 e. The van der Waals surface area contributed by atoms with Crippen LogP contribution in [0.4, 0.5) is 5.69 Å². The maximum absolute atomic E-state index is 12.7. The first kappa shape index (κ1) is 16.2. The molecule has 24 heavy (non-hydrogen) atoms. The lowest BCUT2D eigenvalue weighted by Gasteiger charge is -2.33. The van der Waals surface area contributed by atoms with Crippen molar-refractivity contribution in [2.75, 3.05) is 25.0 Å². The molecule has 124 valence electrons. The van der Waals surface area contributed by atoms with E-state index in [4.69, 9.17) is 0 Å². The van der Waals surface area contributed by atoms with Crippen LogP contribution in [0.25, 0.3) is 0 Å².